The summed E-state index contributed by atoms with van der Waals surface area (Å²) in [5.41, 5.74) is 4.76. The zero-order chi connectivity index (χ0) is 47.0. The summed E-state index contributed by atoms with van der Waals surface area (Å²) in [6.45, 7) is 4.99. The maximum absolute atomic E-state index is 14.0. The van der Waals surface area contributed by atoms with Crippen LogP contribution in [-0.4, -0.2) is 135 Å². The number of amides is 6. The molecule has 2 aliphatic carbocycles. The summed E-state index contributed by atoms with van der Waals surface area (Å²) in [6, 6.07) is 12.0. The SMILES string of the molecule is CNC(C)C(=O)NC(COCCCCCCOCC(NC(=O)C(C)NC)C(=O)N1CCCC1C(=O)NC1CCCc2ccccc21)C(=O)N1CCCC1C(=O)NC1CCCc2ccccc21. The van der Waals surface area contributed by atoms with Gasteiger partial charge in [-0.3, -0.25) is 28.8 Å². The average Bonchev–Trinajstić information content (AvgIpc) is 4.05. The van der Waals surface area contributed by atoms with E-state index in [1.54, 1.807) is 37.7 Å². The molecule has 2 fully saturated rings. The third kappa shape index (κ3) is 13.4. The molecule has 0 radical (unpaired) electrons. The quantitative estimate of drug-likeness (QED) is 0.0902. The molecule has 6 N–H and O–H groups in total. The van der Waals surface area contributed by atoms with Crippen LogP contribution in [0.4, 0.5) is 0 Å². The van der Waals surface area contributed by atoms with Crippen LogP contribution in [0.1, 0.15) is 125 Å². The van der Waals surface area contributed by atoms with Crippen LogP contribution in [0, 0.1) is 0 Å². The monoisotopic (exact) mass is 915 g/mol. The molecule has 16 nitrogen and oxygen atoms in total. The highest BCUT2D eigenvalue weighted by Crippen LogP contribution is 2.32. The van der Waals surface area contributed by atoms with Crippen molar-refractivity contribution in [1.29, 1.82) is 0 Å². The molecule has 362 valence electrons. The number of unbranched alkanes of at least 4 members (excludes halogenated alkanes) is 3. The number of carbonyl (C=O) groups excluding carboxylic acids is 6. The first-order valence-corrected chi connectivity index (χ1v) is 24.5. The molecule has 4 aliphatic rings. The number of ether oxygens (including phenoxy) is 2. The Morgan fingerprint density at radius 2 is 0.985 bits per heavy atom. The van der Waals surface area contributed by atoms with Crippen LogP contribution >= 0.6 is 0 Å². The topological polar surface area (TPSA) is 200 Å². The van der Waals surface area contributed by atoms with Crippen LogP contribution < -0.4 is 31.9 Å². The molecule has 16 heteroatoms. The normalized spacial score (nSPS) is 22.0. The first kappa shape index (κ1) is 50.5. The van der Waals surface area contributed by atoms with Gasteiger partial charge in [0.05, 0.1) is 37.4 Å². The third-order valence-electron chi connectivity index (χ3n) is 13.8. The molecule has 2 aliphatic heterocycles. The van der Waals surface area contributed by atoms with E-state index in [2.05, 4.69) is 56.2 Å². The van der Waals surface area contributed by atoms with Gasteiger partial charge in [0.1, 0.15) is 24.2 Å². The highest BCUT2D eigenvalue weighted by molar-refractivity contribution is 5.94. The molecule has 0 bridgehead atoms. The van der Waals surface area contributed by atoms with Crippen LogP contribution in [0.3, 0.4) is 0 Å². The number of hydrogen-bond donors (Lipinski definition) is 6. The maximum Gasteiger partial charge on any atom is 0.248 e. The summed E-state index contributed by atoms with van der Waals surface area (Å²) in [6.07, 6.45) is 11.2. The van der Waals surface area contributed by atoms with Gasteiger partial charge in [-0.15, -0.1) is 0 Å². The summed E-state index contributed by atoms with van der Waals surface area (Å²) >= 11 is 0. The summed E-state index contributed by atoms with van der Waals surface area (Å²) in [5, 5.41) is 18.0. The number of nitrogens with one attached hydrogen (secondary N) is 6. The lowest BCUT2D eigenvalue weighted by atomic mass is 9.87. The summed E-state index contributed by atoms with van der Waals surface area (Å²) in [7, 11) is 3.36. The molecule has 0 spiro atoms. The van der Waals surface area contributed by atoms with Gasteiger partial charge in [-0.05, 0) is 127 Å². The second-order valence-electron chi connectivity index (χ2n) is 18.4. The van der Waals surface area contributed by atoms with Crippen molar-refractivity contribution in [3.63, 3.8) is 0 Å². The molecule has 8 atom stereocenters. The minimum atomic E-state index is -0.947. The first-order valence-electron chi connectivity index (χ1n) is 24.5. The van der Waals surface area contributed by atoms with E-state index in [1.165, 1.54) is 11.1 Å². The predicted octanol–water partition coefficient (Wildman–Crippen LogP) is 3.14. The second kappa shape index (κ2) is 25.3. The van der Waals surface area contributed by atoms with Crippen molar-refractivity contribution in [2.24, 2.45) is 0 Å². The molecule has 6 amide bonds. The van der Waals surface area contributed by atoms with E-state index in [-0.39, 0.29) is 60.7 Å². The Morgan fingerprint density at radius 1 is 0.576 bits per heavy atom. The van der Waals surface area contributed by atoms with Crippen LogP contribution in [0.25, 0.3) is 0 Å². The molecule has 2 aromatic carbocycles. The van der Waals surface area contributed by atoms with Crippen molar-refractivity contribution in [3.05, 3.63) is 70.8 Å². The Hall–Kier alpha value is -4.90. The van der Waals surface area contributed by atoms with E-state index in [4.69, 9.17) is 9.47 Å². The fraction of sp³-hybridized carbons (Fsp3) is 0.640. The van der Waals surface area contributed by atoms with Gasteiger partial charge in [0.25, 0.3) is 0 Å². The third-order valence-corrected chi connectivity index (χ3v) is 13.8. The Labute approximate surface area is 390 Å². The molecule has 6 rings (SSSR count). The van der Waals surface area contributed by atoms with Crippen LogP contribution in [0.5, 0.6) is 0 Å². The van der Waals surface area contributed by atoms with E-state index in [0.717, 1.165) is 62.5 Å². The molecule has 2 aromatic rings. The number of fused-ring (bicyclic) bond motifs is 2. The smallest absolute Gasteiger partial charge is 0.248 e. The summed E-state index contributed by atoms with van der Waals surface area (Å²) in [5.74, 6) is -1.65. The Morgan fingerprint density at radius 3 is 1.39 bits per heavy atom. The van der Waals surface area contributed by atoms with Gasteiger partial charge in [0.2, 0.25) is 35.4 Å². The number of rotatable bonds is 23. The van der Waals surface area contributed by atoms with Gasteiger partial charge in [-0.25, -0.2) is 0 Å². The molecule has 8 unspecified atom stereocenters. The first-order chi connectivity index (χ1) is 32.0. The fourth-order valence-corrected chi connectivity index (χ4v) is 9.72. The Kier molecular flexibility index (Phi) is 19.4. The minimum Gasteiger partial charge on any atom is -0.379 e. The maximum atomic E-state index is 14.0. The van der Waals surface area contributed by atoms with Gasteiger partial charge in [0, 0.05) is 26.3 Å². The molecule has 2 heterocycles. The zero-order valence-corrected chi connectivity index (χ0v) is 39.5. The van der Waals surface area contributed by atoms with Crippen molar-refractivity contribution >= 4 is 35.4 Å². The van der Waals surface area contributed by atoms with Crippen molar-refractivity contribution < 1.29 is 38.2 Å². The lowest BCUT2D eigenvalue weighted by Crippen LogP contribution is -2.57. The van der Waals surface area contributed by atoms with Gasteiger partial charge in [-0.1, -0.05) is 61.4 Å². The van der Waals surface area contributed by atoms with E-state index in [1.807, 2.05) is 24.3 Å². The largest absolute Gasteiger partial charge is 0.379 e. The van der Waals surface area contributed by atoms with E-state index >= 15 is 0 Å². The second-order valence-corrected chi connectivity index (χ2v) is 18.4. The van der Waals surface area contributed by atoms with Crippen molar-refractivity contribution in [3.8, 4) is 0 Å². The van der Waals surface area contributed by atoms with Crippen molar-refractivity contribution in [2.75, 3.05) is 53.6 Å². The van der Waals surface area contributed by atoms with Crippen LogP contribution in [0.15, 0.2) is 48.5 Å². The van der Waals surface area contributed by atoms with Gasteiger partial charge in [-0.2, -0.15) is 0 Å². The van der Waals surface area contributed by atoms with Gasteiger partial charge >= 0.3 is 0 Å². The number of likely N-dealkylation sites (tertiary alicyclic amines) is 2. The summed E-state index contributed by atoms with van der Waals surface area (Å²) in [4.78, 5) is 84.6. The van der Waals surface area contributed by atoms with Gasteiger partial charge < -0.3 is 51.2 Å². The highest BCUT2D eigenvalue weighted by Gasteiger charge is 2.41. The number of carbonyl (C=O) groups is 6. The Balaban J connectivity index is 0.942. The number of hydrogen-bond acceptors (Lipinski definition) is 10. The van der Waals surface area contributed by atoms with Crippen molar-refractivity contribution in [1.82, 2.24) is 41.7 Å². The minimum absolute atomic E-state index is 0.0215. The molecule has 2 saturated heterocycles. The molecular weight excluding hydrogens is 841 g/mol. The highest BCUT2D eigenvalue weighted by atomic mass is 16.5. The molecular formula is C50H74N8O8. The van der Waals surface area contributed by atoms with Crippen molar-refractivity contribution in [2.45, 2.75) is 152 Å². The zero-order valence-electron chi connectivity index (χ0n) is 39.5. The standard InChI is InChI=1S/C50H74N8O8/c1-33(51-3)45(59)55-41(49(63)57-27-15-25-43(57)47(61)53-39-23-13-19-35-17-7-9-21-37(35)39)31-65-29-11-5-6-12-30-66-32-42(56-46(60)34(2)52-4)50(64)58-28-16-26-44(58)48(62)54-40-24-14-20-36-18-8-10-22-38(36)40/h7-10,17-18,21-22,33-34,39-44,51-52H,5-6,11-16,19-20,23-32H2,1-4H3,(H,53,61)(H,54,62)(H,55,59)(H,56,60). The molecule has 0 aromatic heterocycles. The number of likely N-dealkylation sites (N-methyl/N-ethyl adjacent to an activating group) is 2. The number of nitrogens with zero attached hydrogens (tertiary/aromatic N) is 2. The average molecular weight is 915 g/mol. The van der Waals surface area contributed by atoms with Crippen LogP contribution in [-0.2, 0) is 51.1 Å². The van der Waals surface area contributed by atoms with Gasteiger partial charge in [0.15, 0.2) is 0 Å². The fourth-order valence-electron chi connectivity index (χ4n) is 9.72. The lowest BCUT2D eigenvalue weighted by molar-refractivity contribution is -0.143. The molecule has 0 saturated carbocycles. The lowest BCUT2D eigenvalue weighted by Gasteiger charge is -2.32. The van der Waals surface area contributed by atoms with E-state index in [0.29, 0.717) is 64.8 Å². The molecule has 66 heavy (non-hydrogen) atoms. The predicted molar refractivity (Wildman–Crippen MR) is 251 cm³/mol. The number of benzene rings is 2. The van der Waals surface area contributed by atoms with E-state index < -0.39 is 36.3 Å². The van der Waals surface area contributed by atoms with E-state index in [9.17, 15) is 28.8 Å². The Bertz CT molecular complexity index is 1830. The number of aryl methyl sites for hydroxylation is 2. The van der Waals surface area contributed by atoms with Crippen LogP contribution in [0.2, 0.25) is 0 Å². The summed E-state index contributed by atoms with van der Waals surface area (Å²) < 4.78 is 12.0.